The summed E-state index contributed by atoms with van der Waals surface area (Å²) in [5, 5.41) is 7.03. The minimum atomic E-state index is -0.393. The molecule has 5 nitrogen and oxygen atoms in total. The number of benzene rings is 2. The quantitative estimate of drug-likeness (QED) is 0.616. The fraction of sp³-hybridized carbons (Fsp3) is 0. The highest BCUT2D eigenvalue weighted by Crippen LogP contribution is 2.24. The summed E-state index contributed by atoms with van der Waals surface area (Å²) in [6.07, 6.45) is 1.57. The van der Waals surface area contributed by atoms with Crippen LogP contribution in [0.15, 0.2) is 65.6 Å². The molecule has 0 saturated heterocycles. The number of H-pyrrole nitrogens is 1. The van der Waals surface area contributed by atoms with Crippen LogP contribution in [0.1, 0.15) is 0 Å². The van der Waals surface area contributed by atoms with Gasteiger partial charge in [-0.1, -0.05) is 30.3 Å². The maximum absolute atomic E-state index is 13.1. The minimum absolute atomic E-state index is 0.248. The maximum Gasteiger partial charge on any atom is 0.290 e. The molecule has 0 saturated carbocycles. The van der Waals surface area contributed by atoms with Crippen LogP contribution in [0.5, 0.6) is 0 Å². The molecule has 0 fully saturated rings. The number of hydrogen-bond donors (Lipinski definition) is 1. The molecule has 2 aromatic heterocycles. The molecule has 0 aliphatic rings. The lowest BCUT2D eigenvalue weighted by Crippen LogP contribution is -2.12. The Kier molecular flexibility index (Phi) is 3.35. The molecule has 6 heteroatoms. The lowest BCUT2D eigenvalue weighted by atomic mass is 10.1. The Hall–Kier alpha value is -3.41. The number of rotatable bonds is 2. The molecule has 4 rings (SSSR count). The molecule has 0 atom stereocenters. The average Bonchev–Trinajstić information content (AvgIpc) is 2.64. The Balaban J connectivity index is 1.94. The molecule has 24 heavy (non-hydrogen) atoms. The Morgan fingerprint density at radius 2 is 1.67 bits per heavy atom. The Bertz CT molecular complexity index is 1080. The predicted octanol–water partition coefficient (Wildman–Crippen LogP) is 3.19. The van der Waals surface area contributed by atoms with E-state index in [1.54, 1.807) is 18.3 Å². The standard InChI is InChI=1S/C18H11FN4O/c19-13-8-6-11(7-9-13)15-14-10-20-17(12-4-2-1-3-5-12)21-16(14)18(24)23-22-15/h1-10H,(H,23,24). The molecule has 0 unspecified atom stereocenters. The van der Waals surface area contributed by atoms with Gasteiger partial charge < -0.3 is 0 Å². The van der Waals surface area contributed by atoms with Crippen molar-refractivity contribution < 1.29 is 4.39 Å². The topological polar surface area (TPSA) is 71.5 Å². The number of nitrogens with zero attached hydrogens (tertiary/aromatic N) is 3. The molecular formula is C18H11FN4O. The van der Waals surface area contributed by atoms with Gasteiger partial charge in [0.05, 0.1) is 5.39 Å². The summed E-state index contributed by atoms with van der Waals surface area (Å²) in [6.45, 7) is 0. The second kappa shape index (κ2) is 5.66. The first-order valence-corrected chi connectivity index (χ1v) is 7.29. The van der Waals surface area contributed by atoms with Gasteiger partial charge in [-0.15, -0.1) is 0 Å². The lowest BCUT2D eigenvalue weighted by molar-refractivity contribution is 0.628. The van der Waals surface area contributed by atoms with Crippen molar-refractivity contribution in [3.8, 4) is 22.6 Å². The highest BCUT2D eigenvalue weighted by atomic mass is 19.1. The molecule has 4 aromatic rings. The van der Waals surface area contributed by atoms with E-state index in [1.165, 1.54) is 12.1 Å². The van der Waals surface area contributed by atoms with Crippen LogP contribution in [0.2, 0.25) is 0 Å². The molecule has 0 amide bonds. The zero-order valence-corrected chi connectivity index (χ0v) is 12.4. The van der Waals surface area contributed by atoms with Crippen molar-refractivity contribution in [2.45, 2.75) is 0 Å². The van der Waals surface area contributed by atoms with Gasteiger partial charge in [0.1, 0.15) is 17.0 Å². The van der Waals surface area contributed by atoms with Gasteiger partial charge in [-0.2, -0.15) is 5.10 Å². The summed E-state index contributed by atoms with van der Waals surface area (Å²) in [6, 6.07) is 15.3. The zero-order chi connectivity index (χ0) is 16.5. The van der Waals surface area contributed by atoms with Crippen LogP contribution in [-0.4, -0.2) is 20.2 Å². The molecule has 0 aliphatic heterocycles. The van der Waals surface area contributed by atoms with E-state index in [9.17, 15) is 9.18 Å². The van der Waals surface area contributed by atoms with Crippen molar-refractivity contribution in [1.29, 1.82) is 0 Å². The monoisotopic (exact) mass is 318 g/mol. The van der Waals surface area contributed by atoms with Gasteiger partial charge in [-0.05, 0) is 24.3 Å². The van der Waals surface area contributed by atoms with Crippen molar-refractivity contribution >= 4 is 10.9 Å². The first-order chi connectivity index (χ1) is 11.7. The van der Waals surface area contributed by atoms with Gasteiger partial charge in [0.2, 0.25) is 0 Å². The van der Waals surface area contributed by atoms with Crippen LogP contribution in [0, 0.1) is 5.82 Å². The van der Waals surface area contributed by atoms with E-state index < -0.39 is 5.56 Å². The summed E-state index contributed by atoms with van der Waals surface area (Å²) in [4.78, 5) is 20.9. The maximum atomic E-state index is 13.1. The average molecular weight is 318 g/mol. The molecule has 116 valence electrons. The van der Waals surface area contributed by atoms with Crippen molar-refractivity contribution in [2.75, 3.05) is 0 Å². The number of aromatic nitrogens is 4. The number of aromatic amines is 1. The van der Waals surface area contributed by atoms with Gasteiger partial charge in [0.15, 0.2) is 5.82 Å². The lowest BCUT2D eigenvalue weighted by Gasteiger charge is -2.06. The van der Waals surface area contributed by atoms with Crippen LogP contribution < -0.4 is 5.56 Å². The predicted molar refractivity (Wildman–Crippen MR) is 88.8 cm³/mol. The number of fused-ring (bicyclic) bond motifs is 1. The summed E-state index contributed by atoms with van der Waals surface area (Å²) >= 11 is 0. The first kappa shape index (κ1) is 14.2. The van der Waals surface area contributed by atoms with Crippen LogP contribution in [0.25, 0.3) is 33.5 Å². The summed E-state index contributed by atoms with van der Waals surface area (Å²) in [5.41, 5.74) is 1.85. The Morgan fingerprint density at radius 1 is 0.917 bits per heavy atom. The second-order valence-corrected chi connectivity index (χ2v) is 5.23. The Labute approximate surface area is 135 Å². The van der Waals surface area contributed by atoms with Gasteiger partial charge in [-0.25, -0.2) is 19.5 Å². The van der Waals surface area contributed by atoms with Crippen molar-refractivity contribution in [3.63, 3.8) is 0 Å². The van der Waals surface area contributed by atoms with Gasteiger partial charge in [0.25, 0.3) is 5.56 Å². The van der Waals surface area contributed by atoms with Crippen molar-refractivity contribution in [1.82, 2.24) is 20.2 Å². The Morgan fingerprint density at radius 3 is 2.42 bits per heavy atom. The third-order valence-corrected chi connectivity index (χ3v) is 3.68. The fourth-order valence-corrected chi connectivity index (χ4v) is 2.50. The van der Waals surface area contributed by atoms with Gasteiger partial charge in [-0.3, -0.25) is 4.79 Å². The highest BCUT2D eigenvalue weighted by molar-refractivity contribution is 5.91. The van der Waals surface area contributed by atoms with E-state index in [-0.39, 0.29) is 11.3 Å². The van der Waals surface area contributed by atoms with Crippen LogP contribution in [0.3, 0.4) is 0 Å². The van der Waals surface area contributed by atoms with Crippen LogP contribution in [-0.2, 0) is 0 Å². The number of halogens is 1. The SMILES string of the molecule is O=c1[nH]nc(-c2ccc(F)cc2)c2cnc(-c3ccccc3)nc12. The third kappa shape index (κ3) is 2.44. The third-order valence-electron chi connectivity index (χ3n) is 3.68. The smallest absolute Gasteiger partial charge is 0.266 e. The van der Waals surface area contributed by atoms with E-state index in [2.05, 4.69) is 20.2 Å². The molecule has 0 aliphatic carbocycles. The first-order valence-electron chi connectivity index (χ1n) is 7.29. The zero-order valence-electron chi connectivity index (χ0n) is 12.4. The fourth-order valence-electron chi connectivity index (χ4n) is 2.50. The summed E-state index contributed by atoms with van der Waals surface area (Å²) in [7, 11) is 0. The van der Waals surface area contributed by atoms with E-state index in [0.29, 0.717) is 22.5 Å². The molecule has 0 radical (unpaired) electrons. The van der Waals surface area contributed by atoms with E-state index in [1.807, 2.05) is 30.3 Å². The van der Waals surface area contributed by atoms with Gasteiger partial charge >= 0.3 is 0 Å². The molecule has 1 N–H and O–H groups in total. The normalized spacial score (nSPS) is 10.9. The molecule has 2 aromatic carbocycles. The molecule has 0 spiro atoms. The largest absolute Gasteiger partial charge is 0.290 e. The van der Waals surface area contributed by atoms with E-state index >= 15 is 0 Å². The van der Waals surface area contributed by atoms with Crippen molar-refractivity contribution in [2.24, 2.45) is 0 Å². The number of nitrogens with one attached hydrogen (secondary N) is 1. The van der Waals surface area contributed by atoms with E-state index in [4.69, 9.17) is 0 Å². The van der Waals surface area contributed by atoms with Gasteiger partial charge in [0, 0.05) is 17.3 Å². The van der Waals surface area contributed by atoms with E-state index in [0.717, 1.165) is 5.56 Å². The number of hydrogen-bond acceptors (Lipinski definition) is 4. The minimum Gasteiger partial charge on any atom is -0.266 e. The summed E-state index contributed by atoms with van der Waals surface area (Å²) < 4.78 is 13.1. The highest BCUT2D eigenvalue weighted by Gasteiger charge is 2.12. The molecule has 2 heterocycles. The second-order valence-electron chi connectivity index (χ2n) is 5.23. The van der Waals surface area contributed by atoms with Crippen LogP contribution in [0.4, 0.5) is 4.39 Å². The van der Waals surface area contributed by atoms with Crippen LogP contribution >= 0.6 is 0 Å². The molecule has 0 bridgehead atoms. The molecular weight excluding hydrogens is 307 g/mol. The van der Waals surface area contributed by atoms with Crippen molar-refractivity contribution in [3.05, 3.63) is 77.0 Å². The summed E-state index contributed by atoms with van der Waals surface area (Å²) in [5.74, 6) is 0.125.